The number of imide groups is 1. The zero-order chi connectivity index (χ0) is 11.6. The van der Waals surface area contributed by atoms with Crippen LogP contribution in [0.4, 0.5) is 13.2 Å². The lowest BCUT2D eigenvalue weighted by molar-refractivity contribution is -0.172. The van der Waals surface area contributed by atoms with Gasteiger partial charge in [-0.3, -0.25) is 14.9 Å². The molecule has 0 fully saturated rings. The third-order valence-corrected chi connectivity index (χ3v) is 1.66. The Balaban J connectivity index is 2.74. The fourth-order valence-corrected chi connectivity index (χ4v) is 0.935. The molecule has 0 saturated carbocycles. The number of halogens is 3. The molecule has 0 spiro atoms. The lowest BCUT2D eigenvalue weighted by atomic mass is 10.4. The molecule has 4 nitrogen and oxygen atoms in total. The molecule has 1 N–H and O–H groups in total. The third kappa shape index (κ3) is 2.58. The smallest absolute Gasteiger partial charge is 0.347 e. The van der Waals surface area contributed by atoms with E-state index < -0.39 is 18.0 Å². The normalized spacial score (nSPS) is 11.2. The fraction of sp³-hybridized carbons (Fsp3) is 0.250. The van der Waals surface area contributed by atoms with Gasteiger partial charge in [0, 0.05) is 13.2 Å². The number of aromatic nitrogens is 1. The number of hydrogen-bond donors (Lipinski definition) is 1. The van der Waals surface area contributed by atoms with E-state index in [-0.39, 0.29) is 5.69 Å². The summed E-state index contributed by atoms with van der Waals surface area (Å²) in [4.78, 5) is 21.5. The van der Waals surface area contributed by atoms with Gasteiger partial charge in [-0.1, -0.05) is 0 Å². The van der Waals surface area contributed by atoms with E-state index in [1.807, 2.05) is 0 Å². The van der Waals surface area contributed by atoms with Crippen LogP contribution >= 0.6 is 0 Å². The minimum atomic E-state index is -5.05. The molecule has 0 radical (unpaired) electrons. The van der Waals surface area contributed by atoms with Crippen LogP contribution in [0.2, 0.25) is 0 Å². The molecule has 7 heteroatoms. The average Bonchev–Trinajstić information content (AvgIpc) is 2.49. The summed E-state index contributed by atoms with van der Waals surface area (Å²) in [5.41, 5.74) is -0.0207. The summed E-state index contributed by atoms with van der Waals surface area (Å²) >= 11 is 0. The molecule has 0 aliphatic rings. The van der Waals surface area contributed by atoms with Crippen molar-refractivity contribution >= 4 is 11.8 Å². The van der Waals surface area contributed by atoms with Gasteiger partial charge in [-0.2, -0.15) is 13.2 Å². The van der Waals surface area contributed by atoms with Crippen LogP contribution in [0.3, 0.4) is 0 Å². The molecular formula is C8H7F3N2O2. The van der Waals surface area contributed by atoms with Crippen molar-refractivity contribution in [1.82, 2.24) is 9.88 Å². The molecule has 0 aliphatic carbocycles. The van der Waals surface area contributed by atoms with Crippen molar-refractivity contribution < 1.29 is 22.8 Å². The number of carbonyl (C=O) groups is 2. The monoisotopic (exact) mass is 220 g/mol. The topological polar surface area (TPSA) is 51.1 Å². The number of nitrogens with zero attached hydrogens (tertiary/aromatic N) is 1. The number of carbonyl (C=O) groups excluding carboxylic acids is 2. The van der Waals surface area contributed by atoms with Gasteiger partial charge in [0.25, 0.3) is 5.91 Å². The van der Waals surface area contributed by atoms with Gasteiger partial charge in [-0.15, -0.1) is 0 Å². The zero-order valence-electron chi connectivity index (χ0n) is 7.63. The van der Waals surface area contributed by atoms with E-state index in [0.29, 0.717) is 0 Å². The maximum Gasteiger partial charge on any atom is 0.471 e. The summed E-state index contributed by atoms with van der Waals surface area (Å²) in [6, 6.07) is 2.78. The maximum atomic E-state index is 11.8. The molecule has 1 heterocycles. The first kappa shape index (κ1) is 11.3. The molecular weight excluding hydrogens is 213 g/mol. The summed E-state index contributed by atoms with van der Waals surface area (Å²) in [5.74, 6) is -3.35. The van der Waals surface area contributed by atoms with Gasteiger partial charge < -0.3 is 4.57 Å². The van der Waals surface area contributed by atoms with E-state index in [0.717, 1.165) is 0 Å². The van der Waals surface area contributed by atoms with E-state index >= 15 is 0 Å². The van der Waals surface area contributed by atoms with Crippen molar-refractivity contribution in [1.29, 1.82) is 0 Å². The number of rotatable bonds is 1. The Morgan fingerprint density at radius 1 is 1.40 bits per heavy atom. The Kier molecular flexibility index (Phi) is 2.83. The van der Waals surface area contributed by atoms with Crippen molar-refractivity contribution in [3.63, 3.8) is 0 Å². The highest BCUT2D eigenvalue weighted by Crippen LogP contribution is 2.14. The van der Waals surface area contributed by atoms with E-state index in [2.05, 4.69) is 0 Å². The molecule has 82 valence electrons. The van der Waals surface area contributed by atoms with Gasteiger partial charge >= 0.3 is 12.1 Å². The number of aryl methyl sites for hydroxylation is 1. The number of amides is 2. The number of hydrogen-bond acceptors (Lipinski definition) is 2. The highest BCUT2D eigenvalue weighted by molar-refractivity contribution is 6.05. The van der Waals surface area contributed by atoms with Gasteiger partial charge in [0.15, 0.2) is 0 Å². The second-order valence-corrected chi connectivity index (χ2v) is 2.79. The summed E-state index contributed by atoms with van der Waals surface area (Å²) in [6.07, 6.45) is -3.58. The van der Waals surface area contributed by atoms with E-state index in [1.54, 1.807) is 0 Å². The molecule has 0 saturated heterocycles. The van der Waals surface area contributed by atoms with Crippen molar-refractivity contribution in [3.8, 4) is 0 Å². The Morgan fingerprint density at radius 2 is 2.00 bits per heavy atom. The quantitative estimate of drug-likeness (QED) is 0.762. The summed E-state index contributed by atoms with van der Waals surface area (Å²) < 4.78 is 36.6. The van der Waals surface area contributed by atoms with Gasteiger partial charge in [-0.25, -0.2) is 0 Å². The molecule has 2 amide bonds. The average molecular weight is 220 g/mol. The second-order valence-electron chi connectivity index (χ2n) is 2.79. The Morgan fingerprint density at radius 3 is 2.40 bits per heavy atom. The fourth-order valence-electron chi connectivity index (χ4n) is 0.935. The van der Waals surface area contributed by atoms with Crippen LogP contribution in [0.5, 0.6) is 0 Å². The molecule has 1 aromatic rings. The molecule has 1 aromatic heterocycles. The largest absolute Gasteiger partial charge is 0.471 e. The van der Waals surface area contributed by atoms with Crippen molar-refractivity contribution in [2.45, 2.75) is 6.18 Å². The molecule has 15 heavy (non-hydrogen) atoms. The van der Waals surface area contributed by atoms with Crippen LogP contribution in [-0.4, -0.2) is 22.6 Å². The summed E-state index contributed by atoms with van der Waals surface area (Å²) in [7, 11) is 1.48. The zero-order valence-corrected chi connectivity index (χ0v) is 7.63. The first-order valence-corrected chi connectivity index (χ1v) is 3.86. The lowest BCUT2D eigenvalue weighted by Crippen LogP contribution is -2.41. The van der Waals surface area contributed by atoms with Gasteiger partial charge in [0.2, 0.25) is 0 Å². The van der Waals surface area contributed by atoms with E-state index in [1.165, 1.54) is 35.3 Å². The van der Waals surface area contributed by atoms with E-state index in [9.17, 15) is 22.8 Å². The molecule has 0 unspecified atom stereocenters. The molecule has 0 aliphatic heterocycles. The van der Waals surface area contributed by atoms with Gasteiger partial charge in [-0.05, 0) is 12.1 Å². The standard InChI is InChI=1S/C8H7F3N2O2/c1-13-4-2-3-5(13)6(14)12-7(15)8(9,10)11/h2-4H,1H3,(H,12,14,15). The highest BCUT2D eigenvalue weighted by atomic mass is 19.4. The summed E-state index contributed by atoms with van der Waals surface area (Å²) in [6.45, 7) is 0. The lowest BCUT2D eigenvalue weighted by Gasteiger charge is -2.06. The van der Waals surface area contributed by atoms with Crippen LogP contribution in [0.25, 0.3) is 0 Å². The molecule has 1 rings (SSSR count). The maximum absolute atomic E-state index is 11.8. The predicted molar refractivity (Wildman–Crippen MR) is 43.9 cm³/mol. The Bertz CT molecular complexity index is 395. The van der Waals surface area contributed by atoms with Crippen LogP contribution in [0.15, 0.2) is 18.3 Å². The van der Waals surface area contributed by atoms with E-state index in [4.69, 9.17) is 0 Å². The molecule has 0 bridgehead atoms. The Hall–Kier alpha value is -1.79. The van der Waals surface area contributed by atoms with Crippen LogP contribution < -0.4 is 5.32 Å². The minimum Gasteiger partial charge on any atom is -0.347 e. The molecule has 0 aromatic carbocycles. The van der Waals surface area contributed by atoms with Crippen LogP contribution in [-0.2, 0) is 11.8 Å². The second kappa shape index (κ2) is 3.76. The molecule has 0 atom stereocenters. The van der Waals surface area contributed by atoms with Crippen molar-refractivity contribution in [3.05, 3.63) is 24.0 Å². The summed E-state index contributed by atoms with van der Waals surface area (Å²) in [5, 5.41) is 1.24. The van der Waals surface area contributed by atoms with Crippen molar-refractivity contribution in [2.24, 2.45) is 7.05 Å². The first-order valence-electron chi connectivity index (χ1n) is 3.86. The number of alkyl halides is 3. The predicted octanol–water partition coefficient (Wildman–Crippen LogP) is 0.844. The SMILES string of the molecule is Cn1cccc1C(=O)NC(=O)C(F)(F)F. The first-order chi connectivity index (χ1) is 6.82. The van der Waals surface area contributed by atoms with Crippen LogP contribution in [0, 0.1) is 0 Å². The third-order valence-electron chi connectivity index (χ3n) is 1.66. The van der Waals surface area contributed by atoms with Gasteiger partial charge in [0.1, 0.15) is 5.69 Å². The highest BCUT2D eigenvalue weighted by Gasteiger charge is 2.40. The minimum absolute atomic E-state index is 0.0207. The van der Waals surface area contributed by atoms with Crippen LogP contribution in [0.1, 0.15) is 10.5 Å². The van der Waals surface area contributed by atoms with Gasteiger partial charge in [0.05, 0.1) is 0 Å². The Labute approximate surface area is 82.7 Å². The number of nitrogens with one attached hydrogen (secondary N) is 1. The van der Waals surface area contributed by atoms with Crippen molar-refractivity contribution in [2.75, 3.05) is 0 Å².